The molecule has 1 heterocycles. The summed E-state index contributed by atoms with van der Waals surface area (Å²) in [5, 5.41) is 10.9. The molecule has 0 fully saturated rings. The zero-order valence-corrected chi connectivity index (χ0v) is 9.01. The number of hydrogen-bond donors (Lipinski definition) is 2. The molecule has 1 amide bonds. The van der Waals surface area contributed by atoms with Crippen LogP contribution in [0.4, 0.5) is 4.39 Å². The minimum atomic E-state index is -1.19. The van der Waals surface area contributed by atoms with Crippen LogP contribution < -0.4 is 5.32 Å². The maximum Gasteiger partial charge on any atom is 0.334 e. The zero-order chi connectivity index (χ0) is 12.8. The number of ether oxygens (including phenoxy) is 1. The van der Waals surface area contributed by atoms with E-state index in [1.54, 1.807) is 0 Å². The topological polar surface area (TPSA) is 88.5 Å². The number of halogens is 1. The number of aliphatic carboxylic acids is 1. The van der Waals surface area contributed by atoms with E-state index in [-0.39, 0.29) is 12.2 Å². The molecule has 2 N–H and O–H groups in total. The lowest BCUT2D eigenvalue weighted by Gasteiger charge is -2.11. The second-order valence-corrected chi connectivity index (χ2v) is 3.12. The van der Waals surface area contributed by atoms with E-state index in [9.17, 15) is 14.0 Å². The summed E-state index contributed by atoms with van der Waals surface area (Å²) in [4.78, 5) is 25.4. The average Bonchev–Trinajstić information content (AvgIpc) is 2.29. The van der Waals surface area contributed by atoms with Gasteiger partial charge in [-0.15, -0.1) is 0 Å². The van der Waals surface area contributed by atoms with Crippen molar-refractivity contribution in [3.8, 4) is 0 Å². The highest BCUT2D eigenvalue weighted by Gasteiger charge is 2.18. The fourth-order valence-electron chi connectivity index (χ4n) is 1.08. The highest BCUT2D eigenvalue weighted by atomic mass is 19.1. The van der Waals surface area contributed by atoms with Crippen LogP contribution >= 0.6 is 0 Å². The van der Waals surface area contributed by atoms with Gasteiger partial charge in [0.2, 0.25) is 5.95 Å². The van der Waals surface area contributed by atoms with Crippen LogP contribution in [0.25, 0.3) is 0 Å². The maximum absolute atomic E-state index is 12.7. The van der Waals surface area contributed by atoms with E-state index in [1.807, 2.05) is 0 Å². The van der Waals surface area contributed by atoms with Crippen molar-refractivity contribution in [2.24, 2.45) is 0 Å². The van der Waals surface area contributed by atoms with Gasteiger partial charge in [-0.3, -0.25) is 4.79 Å². The van der Waals surface area contributed by atoms with Crippen LogP contribution in [-0.4, -0.2) is 41.7 Å². The Morgan fingerprint density at radius 1 is 1.59 bits per heavy atom. The molecule has 0 saturated heterocycles. The van der Waals surface area contributed by atoms with Gasteiger partial charge in [0.25, 0.3) is 5.91 Å². The third-order valence-corrected chi connectivity index (χ3v) is 1.96. The van der Waals surface area contributed by atoms with Gasteiger partial charge in [0.15, 0.2) is 6.10 Å². The van der Waals surface area contributed by atoms with Gasteiger partial charge in [0, 0.05) is 7.11 Å². The molecule has 0 radical (unpaired) electrons. The highest BCUT2D eigenvalue weighted by molar-refractivity contribution is 5.92. The molecule has 0 bridgehead atoms. The van der Waals surface area contributed by atoms with Gasteiger partial charge in [-0.05, 0) is 12.1 Å². The third kappa shape index (κ3) is 3.80. The molecule has 0 aliphatic carbocycles. The van der Waals surface area contributed by atoms with E-state index in [4.69, 9.17) is 5.11 Å². The minimum Gasteiger partial charge on any atom is -0.479 e. The molecular weight excluding hydrogens is 231 g/mol. The third-order valence-electron chi connectivity index (χ3n) is 1.96. The molecule has 0 aromatic carbocycles. The molecule has 0 aliphatic heterocycles. The van der Waals surface area contributed by atoms with Crippen LogP contribution in [0.3, 0.4) is 0 Å². The molecule has 1 aromatic rings. The van der Waals surface area contributed by atoms with Gasteiger partial charge in [0.1, 0.15) is 5.69 Å². The number of rotatable bonds is 5. The van der Waals surface area contributed by atoms with Crippen molar-refractivity contribution in [3.63, 3.8) is 0 Å². The van der Waals surface area contributed by atoms with Gasteiger partial charge >= 0.3 is 5.97 Å². The number of nitrogens with one attached hydrogen (secondary N) is 1. The quantitative estimate of drug-likeness (QED) is 0.712. The van der Waals surface area contributed by atoms with E-state index < -0.39 is 23.9 Å². The van der Waals surface area contributed by atoms with Crippen molar-refractivity contribution in [1.82, 2.24) is 10.3 Å². The molecule has 0 saturated carbocycles. The number of pyridine rings is 1. The molecule has 1 unspecified atom stereocenters. The minimum absolute atomic E-state index is 0.120. The van der Waals surface area contributed by atoms with Crippen molar-refractivity contribution in [3.05, 3.63) is 29.8 Å². The van der Waals surface area contributed by atoms with Crippen molar-refractivity contribution in [2.75, 3.05) is 13.7 Å². The Morgan fingerprint density at radius 3 is 2.82 bits per heavy atom. The van der Waals surface area contributed by atoms with Crippen molar-refractivity contribution >= 4 is 11.9 Å². The summed E-state index contributed by atoms with van der Waals surface area (Å²) in [6, 6.07) is 3.76. The summed E-state index contributed by atoms with van der Waals surface area (Å²) < 4.78 is 17.3. The van der Waals surface area contributed by atoms with Gasteiger partial charge < -0.3 is 15.2 Å². The van der Waals surface area contributed by atoms with E-state index >= 15 is 0 Å². The number of carboxylic acids is 1. The van der Waals surface area contributed by atoms with Crippen LogP contribution in [0.2, 0.25) is 0 Å². The van der Waals surface area contributed by atoms with Gasteiger partial charge in [0.05, 0.1) is 6.54 Å². The fourth-order valence-corrected chi connectivity index (χ4v) is 1.08. The Kier molecular flexibility index (Phi) is 4.53. The largest absolute Gasteiger partial charge is 0.479 e. The molecule has 1 atom stereocenters. The lowest BCUT2D eigenvalue weighted by molar-refractivity contribution is -0.148. The first kappa shape index (κ1) is 13.0. The monoisotopic (exact) mass is 242 g/mol. The standard InChI is InChI=1S/C10H11FN2O4/c1-17-7(10(15)16)5-12-9(14)6-3-2-4-8(11)13-6/h2-4,7H,5H2,1H3,(H,12,14)(H,15,16). The Labute approximate surface area is 96.4 Å². The van der Waals surface area contributed by atoms with Crippen LogP contribution in [0.5, 0.6) is 0 Å². The fraction of sp³-hybridized carbons (Fsp3) is 0.300. The molecule has 17 heavy (non-hydrogen) atoms. The van der Waals surface area contributed by atoms with Gasteiger partial charge in [-0.25, -0.2) is 9.78 Å². The zero-order valence-electron chi connectivity index (χ0n) is 9.01. The number of methoxy groups -OCH3 is 1. The Morgan fingerprint density at radius 2 is 2.29 bits per heavy atom. The maximum atomic E-state index is 12.7. The first-order valence-electron chi connectivity index (χ1n) is 4.71. The predicted molar refractivity (Wildman–Crippen MR) is 55.0 cm³/mol. The summed E-state index contributed by atoms with van der Waals surface area (Å²) in [6.45, 7) is -0.219. The summed E-state index contributed by atoms with van der Waals surface area (Å²) in [6.07, 6.45) is -1.15. The molecule has 6 nitrogen and oxygen atoms in total. The summed E-state index contributed by atoms with van der Waals surface area (Å²) in [7, 11) is 1.21. The number of nitrogens with zero attached hydrogens (tertiary/aromatic N) is 1. The Bertz CT molecular complexity index is 425. The second-order valence-electron chi connectivity index (χ2n) is 3.12. The van der Waals surface area contributed by atoms with Crippen LogP contribution in [0.1, 0.15) is 10.5 Å². The average molecular weight is 242 g/mol. The lowest BCUT2D eigenvalue weighted by atomic mass is 10.3. The summed E-state index contributed by atoms with van der Waals surface area (Å²) >= 11 is 0. The van der Waals surface area contributed by atoms with Gasteiger partial charge in [-0.2, -0.15) is 4.39 Å². The van der Waals surface area contributed by atoms with Gasteiger partial charge in [-0.1, -0.05) is 6.07 Å². The first-order valence-corrected chi connectivity index (χ1v) is 4.71. The lowest BCUT2D eigenvalue weighted by Crippen LogP contribution is -2.38. The van der Waals surface area contributed by atoms with Crippen LogP contribution in [0.15, 0.2) is 18.2 Å². The van der Waals surface area contributed by atoms with Crippen LogP contribution in [-0.2, 0) is 9.53 Å². The SMILES string of the molecule is COC(CNC(=O)c1cccc(F)n1)C(=O)O. The van der Waals surface area contributed by atoms with Crippen molar-refractivity contribution < 1.29 is 23.8 Å². The highest BCUT2D eigenvalue weighted by Crippen LogP contribution is 1.98. The Balaban J connectivity index is 2.58. The first-order chi connectivity index (χ1) is 8.04. The number of carboxylic acid groups (broad SMARTS) is 1. The number of aromatic nitrogens is 1. The van der Waals surface area contributed by atoms with Crippen molar-refractivity contribution in [2.45, 2.75) is 6.10 Å². The van der Waals surface area contributed by atoms with E-state index in [1.165, 1.54) is 19.2 Å². The number of carbonyl (C=O) groups is 2. The van der Waals surface area contributed by atoms with E-state index in [0.29, 0.717) is 0 Å². The van der Waals surface area contributed by atoms with Crippen LogP contribution in [0, 0.1) is 5.95 Å². The molecule has 0 aliphatic rings. The van der Waals surface area contributed by atoms with E-state index in [0.717, 1.165) is 6.07 Å². The normalized spacial score (nSPS) is 11.9. The Hall–Kier alpha value is -2.02. The predicted octanol–water partition coefficient (Wildman–Crippen LogP) is 0.0501. The summed E-state index contributed by atoms with van der Waals surface area (Å²) in [5.74, 6) is -2.63. The van der Waals surface area contributed by atoms with E-state index in [2.05, 4.69) is 15.0 Å². The number of hydrogen-bond acceptors (Lipinski definition) is 4. The molecule has 92 valence electrons. The molecule has 0 spiro atoms. The smallest absolute Gasteiger partial charge is 0.334 e. The molecule has 1 rings (SSSR count). The summed E-state index contributed by atoms with van der Waals surface area (Å²) in [5.41, 5.74) is -0.120. The molecule has 1 aromatic heterocycles. The van der Waals surface area contributed by atoms with Crippen molar-refractivity contribution in [1.29, 1.82) is 0 Å². The number of carbonyl (C=O) groups excluding carboxylic acids is 1. The second kappa shape index (κ2) is 5.90. The molecule has 7 heteroatoms. The molecular formula is C10H11FN2O4. The number of amides is 1.